The molecule has 0 aliphatic heterocycles. The quantitative estimate of drug-likeness (QED) is 0.636. The highest BCUT2D eigenvalue weighted by Gasteiger charge is 2.53. The van der Waals surface area contributed by atoms with Crippen molar-refractivity contribution in [3.05, 3.63) is 51.5 Å². The lowest BCUT2D eigenvalue weighted by Crippen LogP contribution is -2.56. The second-order valence-corrected chi connectivity index (χ2v) is 5.68. The number of Topliss-reactive ketones (excluding diaryl/α,β-unsaturated/α-hetero) is 2. The summed E-state index contributed by atoms with van der Waals surface area (Å²) in [6.45, 7) is 1.72. The maximum Gasteiger partial charge on any atom is 0.273 e. The van der Waals surface area contributed by atoms with Gasteiger partial charge in [0.1, 0.15) is 5.69 Å². The molecular formula is C14H10N2O4S. The summed E-state index contributed by atoms with van der Waals surface area (Å²) in [6.07, 6.45) is 0. The highest BCUT2D eigenvalue weighted by atomic mass is 32.1. The van der Waals surface area contributed by atoms with E-state index in [2.05, 4.69) is 10.3 Å². The maximum atomic E-state index is 12.2. The van der Waals surface area contributed by atoms with Gasteiger partial charge in [0, 0.05) is 16.5 Å². The van der Waals surface area contributed by atoms with Crippen molar-refractivity contribution < 1.29 is 19.5 Å². The van der Waals surface area contributed by atoms with Gasteiger partial charge in [-0.3, -0.25) is 14.4 Å². The number of nitrogens with one attached hydrogen (secondary N) is 1. The predicted octanol–water partition coefficient (Wildman–Crippen LogP) is 0.949. The lowest BCUT2D eigenvalue weighted by molar-refractivity contribution is 0.0191. The van der Waals surface area contributed by atoms with Crippen molar-refractivity contribution in [2.75, 3.05) is 0 Å². The first-order chi connectivity index (χ1) is 9.93. The molecule has 7 heteroatoms. The van der Waals surface area contributed by atoms with Gasteiger partial charge in [-0.2, -0.15) is 0 Å². The number of aryl methyl sites for hydroxylation is 1. The monoisotopic (exact) mass is 302 g/mol. The molecule has 0 radical (unpaired) electrons. The van der Waals surface area contributed by atoms with Crippen LogP contribution in [0.4, 0.5) is 0 Å². The molecular weight excluding hydrogens is 292 g/mol. The molecule has 6 nitrogen and oxygen atoms in total. The number of fused-ring (bicyclic) bond motifs is 1. The van der Waals surface area contributed by atoms with Crippen LogP contribution in [0, 0.1) is 6.92 Å². The van der Waals surface area contributed by atoms with E-state index in [1.54, 1.807) is 19.1 Å². The molecule has 0 bridgehead atoms. The van der Waals surface area contributed by atoms with Gasteiger partial charge in [-0.05, 0) is 6.92 Å². The molecule has 0 spiro atoms. The minimum atomic E-state index is -2.56. The van der Waals surface area contributed by atoms with Crippen molar-refractivity contribution in [1.82, 2.24) is 10.3 Å². The first-order valence-corrected chi connectivity index (χ1v) is 6.97. The SMILES string of the molecule is Cc1nc(C(=O)NC2(O)C(=O)c3ccccc3C2=O)cs1. The Morgan fingerprint density at radius 1 is 1.24 bits per heavy atom. The van der Waals surface area contributed by atoms with Gasteiger partial charge < -0.3 is 10.4 Å². The van der Waals surface area contributed by atoms with E-state index in [1.807, 2.05) is 0 Å². The van der Waals surface area contributed by atoms with E-state index >= 15 is 0 Å². The van der Waals surface area contributed by atoms with Gasteiger partial charge in [-0.1, -0.05) is 24.3 Å². The molecule has 1 aromatic heterocycles. The number of carbonyl (C=O) groups is 3. The Kier molecular flexibility index (Phi) is 2.96. The van der Waals surface area contributed by atoms with E-state index in [9.17, 15) is 19.5 Å². The van der Waals surface area contributed by atoms with Crippen molar-refractivity contribution in [2.45, 2.75) is 12.6 Å². The van der Waals surface area contributed by atoms with Gasteiger partial charge in [0.05, 0.1) is 5.01 Å². The predicted molar refractivity (Wildman–Crippen MR) is 74.4 cm³/mol. The van der Waals surface area contributed by atoms with E-state index in [0.29, 0.717) is 5.01 Å². The third kappa shape index (κ3) is 1.98. The summed E-state index contributed by atoms with van der Waals surface area (Å²) in [5.41, 5.74) is -2.31. The number of aliphatic hydroxyl groups is 1. The minimum Gasteiger partial charge on any atom is -0.358 e. The van der Waals surface area contributed by atoms with Crippen LogP contribution in [0.5, 0.6) is 0 Å². The fraction of sp³-hybridized carbons (Fsp3) is 0.143. The zero-order chi connectivity index (χ0) is 15.2. The summed E-state index contributed by atoms with van der Waals surface area (Å²) in [5, 5.41) is 14.6. The zero-order valence-corrected chi connectivity index (χ0v) is 11.7. The number of hydrogen-bond acceptors (Lipinski definition) is 6. The fourth-order valence-electron chi connectivity index (χ4n) is 2.18. The van der Waals surface area contributed by atoms with Crippen LogP contribution < -0.4 is 5.32 Å². The Hall–Kier alpha value is -2.38. The minimum absolute atomic E-state index is 0.0579. The molecule has 0 fully saturated rings. The van der Waals surface area contributed by atoms with Crippen molar-refractivity contribution in [3.63, 3.8) is 0 Å². The molecule has 0 unspecified atom stereocenters. The molecule has 0 saturated carbocycles. The highest BCUT2D eigenvalue weighted by molar-refractivity contribution is 7.09. The Morgan fingerprint density at radius 2 is 1.81 bits per heavy atom. The molecule has 3 rings (SSSR count). The summed E-state index contributed by atoms with van der Waals surface area (Å²) in [5.74, 6) is -2.43. The fourth-order valence-corrected chi connectivity index (χ4v) is 2.77. The standard InChI is InChI=1S/C14H10N2O4S/c1-7-15-10(6-21-7)13(19)16-14(20)11(17)8-4-2-3-5-9(8)12(14)18/h2-6,20H,1H3,(H,16,19). The van der Waals surface area contributed by atoms with E-state index in [-0.39, 0.29) is 16.8 Å². The average molecular weight is 302 g/mol. The second kappa shape index (κ2) is 4.57. The number of amides is 1. The van der Waals surface area contributed by atoms with Gasteiger partial charge in [0.2, 0.25) is 11.6 Å². The molecule has 1 heterocycles. The first-order valence-electron chi connectivity index (χ1n) is 6.09. The Balaban J connectivity index is 1.94. The maximum absolute atomic E-state index is 12.2. The zero-order valence-electron chi connectivity index (χ0n) is 10.9. The van der Waals surface area contributed by atoms with Crippen LogP contribution in [0.1, 0.15) is 36.2 Å². The van der Waals surface area contributed by atoms with Crippen LogP contribution in [0.25, 0.3) is 0 Å². The summed E-state index contributed by atoms with van der Waals surface area (Å²) >= 11 is 1.26. The molecule has 1 aliphatic carbocycles. The Labute approximate surface area is 123 Å². The van der Waals surface area contributed by atoms with Crippen LogP contribution in [-0.2, 0) is 0 Å². The third-order valence-electron chi connectivity index (χ3n) is 3.22. The Morgan fingerprint density at radius 3 is 2.29 bits per heavy atom. The summed E-state index contributed by atoms with van der Waals surface area (Å²) < 4.78 is 0. The van der Waals surface area contributed by atoms with Crippen LogP contribution in [-0.4, -0.2) is 33.3 Å². The molecule has 21 heavy (non-hydrogen) atoms. The van der Waals surface area contributed by atoms with E-state index < -0.39 is 23.2 Å². The van der Waals surface area contributed by atoms with Gasteiger partial charge in [-0.15, -0.1) is 11.3 Å². The van der Waals surface area contributed by atoms with Crippen molar-refractivity contribution in [2.24, 2.45) is 0 Å². The summed E-state index contributed by atoms with van der Waals surface area (Å²) in [7, 11) is 0. The van der Waals surface area contributed by atoms with Crippen LogP contribution in [0.3, 0.4) is 0 Å². The van der Waals surface area contributed by atoms with Crippen LogP contribution in [0.2, 0.25) is 0 Å². The molecule has 2 N–H and O–H groups in total. The number of aromatic nitrogens is 1. The molecule has 1 amide bonds. The normalized spacial score (nSPS) is 15.9. The van der Waals surface area contributed by atoms with Crippen LogP contribution >= 0.6 is 11.3 Å². The first kappa shape index (κ1) is 13.6. The number of carbonyl (C=O) groups excluding carboxylic acids is 3. The number of rotatable bonds is 2. The van der Waals surface area contributed by atoms with Crippen LogP contribution in [0.15, 0.2) is 29.6 Å². The Bertz CT molecular complexity index is 746. The molecule has 0 atom stereocenters. The van der Waals surface area contributed by atoms with Gasteiger partial charge in [-0.25, -0.2) is 4.98 Å². The third-order valence-corrected chi connectivity index (χ3v) is 3.99. The molecule has 1 aromatic carbocycles. The van der Waals surface area contributed by atoms with E-state index in [0.717, 1.165) is 0 Å². The highest BCUT2D eigenvalue weighted by Crippen LogP contribution is 2.28. The molecule has 1 aliphatic rings. The topological polar surface area (TPSA) is 96.4 Å². The number of benzene rings is 1. The number of nitrogens with zero attached hydrogens (tertiary/aromatic N) is 1. The van der Waals surface area contributed by atoms with Crippen molar-refractivity contribution in [3.8, 4) is 0 Å². The largest absolute Gasteiger partial charge is 0.358 e. The van der Waals surface area contributed by atoms with Gasteiger partial charge >= 0.3 is 0 Å². The van der Waals surface area contributed by atoms with Crippen molar-refractivity contribution >= 4 is 28.8 Å². The second-order valence-electron chi connectivity index (χ2n) is 4.62. The summed E-state index contributed by atoms with van der Waals surface area (Å²) in [4.78, 5) is 40.4. The van der Waals surface area contributed by atoms with Gasteiger partial charge in [0.15, 0.2) is 0 Å². The molecule has 2 aromatic rings. The number of thiazole rings is 1. The van der Waals surface area contributed by atoms with E-state index in [4.69, 9.17) is 0 Å². The number of hydrogen-bond donors (Lipinski definition) is 2. The summed E-state index contributed by atoms with van der Waals surface area (Å²) in [6, 6.07) is 6.04. The number of ketones is 2. The smallest absolute Gasteiger partial charge is 0.273 e. The molecule has 106 valence electrons. The van der Waals surface area contributed by atoms with Crippen molar-refractivity contribution in [1.29, 1.82) is 0 Å². The van der Waals surface area contributed by atoms with E-state index in [1.165, 1.54) is 28.8 Å². The van der Waals surface area contributed by atoms with Gasteiger partial charge in [0.25, 0.3) is 11.6 Å². The lowest BCUT2D eigenvalue weighted by atomic mass is 10.1. The molecule has 0 saturated heterocycles. The average Bonchev–Trinajstić information content (AvgIpc) is 2.98. The lowest BCUT2D eigenvalue weighted by Gasteiger charge is -2.19.